The molecule has 4 heteroatoms. The second-order valence-electron chi connectivity index (χ2n) is 5.16. The van der Waals surface area contributed by atoms with E-state index >= 15 is 0 Å². The first kappa shape index (κ1) is 15.5. The monoisotopic (exact) mass is 265 g/mol. The molecule has 0 aromatic heterocycles. The van der Waals surface area contributed by atoms with Crippen LogP contribution in [0.4, 0.5) is 0 Å². The Morgan fingerprint density at radius 3 is 2.37 bits per heavy atom. The zero-order chi connectivity index (χ0) is 14.6. The lowest BCUT2D eigenvalue weighted by Crippen LogP contribution is -2.39. The van der Waals surface area contributed by atoms with Crippen LogP contribution in [-0.2, 0) is 9.53 Å². The van der Waals surface area contributed by atoms with Gasteiger partial charge in [-0.25, -0.2) is 0 Å². The van der Waals surface area contributed by atoms with E-state index in [0.29, 0.717) is 0 Å². The molecule has 0 saturated carbocycles. The summed E-state index contributed by atoms with van der Waals surface area (Å²) in [5, 5.41) is 3.20. The summed E-state index contributed by atoms with van der Waals surface area (Å²) in [7, 11) is 4.90. The van der Waals surface area contributed by atoms with Gasteiger partial charge in [0.2, 0.25) is 0 Å². The van der Waals surface area contributed by atoms with Gasteiger partial charge in [0.25, 0.3) is 0 Å². The van der Waals surface area contributed by atoms with E-state index in [1.54, 1.807) is 7.11 Å². The third kappa shape index (κ3) is 3.07. The van der Waals surface area contributed by atoms with Crippen molar-refractivity contribution in [1.29, 1.82) is 0 Å². The van der Waals surface area contributed by atoms with Gasteiger partial charge >= 0.3 is 5.97 Å². The van der Waals surface area contributed by atoms with Crippen molar-refractivity contribution in [2.75, 3.05) is 21.3 Å². The molecule has 1 atom stereocenters. The summed E-state index contributed by atoms with van der Waals surface area (Å²) in [5.41, 5.74) is 1.43. The molecule has 1 aromatic carbocycles. The molecule has 0 spiro atoms. The molecule has 1 aromatic rings. The summed E-state index contributed by atoms with van der Waals surface area (Å²) >= 11 is 0. The summed E-state index contributed by atoms with van der Waals surface area (Å²) < 4.78 is 10.1. The summed E-state index contributed by atoms with van der Waals surface area (Å²) in [6.07, 6.45) is 0. The van der Waals surface area contributed by atoms with Crippen LogP contribution >= 0.6 is 0 Å². The maximum Gasteiger partial charge on any atom is 0.313 e. The normalized spacial score (nSPS) is 12.9. The molecule has 1 N–H and O–H groups in total. The van der Waals surface area contributed by atoms with Gasteiger partial charge in [0.05, 0.1) is 19.6 Å². The molecule has 0 radical (unpaired) electrons. The predicted molar refractivity (Wildman–Crippen MR) is 75.3 cm³/mol. The van der Waals surface area contributed by atoms with Crippen LogP contribution in [0.1, 0.15) is 31.0 Å². The SMILES string of the molecule is CNC(c1ccc(OC)c(C)c1)C(C)(C)C(=O)OC. The second kappa shape index (κ2) is 6.06. The number of hydrogen-bond acceptors (Lipinski definition) is 4. The average Bonchev–Trinajstić information content (AvgIpc) is 2.38. The Hall–Kier alpha value is -1.55. The molecule has 0 saturated heterocycles. The zero-order valence-corrected chi connectivity index (χ0v) is 12.5. The molecule has 0 fully saturated rings. The van der Waals surface area contributed by atoms with Gasteiger partial charge in [-0.3, -0.25) is 4.79 Å². The highest BCUT2D eigenvalue weighted by molar-refractivity contribution is 5.77. The van der Waals surface area contributed by atoms with Crippen molar-refractivity contribution in [1.82, 2.24) is 5.32 Å². The number of benzene rings is 1. The van der Waals surface area contributed by atoms with Crippen LogP contribution in [0.3, 0.4) is 0 Å². The molecule has 0 aliphatic rings. The van der Waals surface area contributed by atoms with E-state index in [-0.39, 0.29) is 12.0 Å². The summed E-state index contributed by atoms with van der Waals surface area (Å²) in [5.74, 6) is 0.606. The molecule has 0 aliphatic heterocycles. The van der Waals surface area contributed by atoms with Crippen LogP contribution in [0, 0.1) is 12.3 Å². The van der Waals surface area contributed by atoms with Crippen LogP contribution < -0.4 is 10.1 Å². The van der Waals surface area contributed by atoms with E-state index in [4.69, 9.17) is 9.47 Å². The van der Waals surface area contributed by atoms with E-state index in [1.165, 1.54) is 7.11 Å². The third-order valence-electron chi connectivity index (χ3n) is 3.47. The van der Waals surface area contributed by atoms with Gasteiger partial charge in [0, 0.05) is 6.04 Å². The van der Waals surface area contributed by atoms with E-state index in [0.717, 1.165) is 16.9 Å². The summed E-state index contributed by atoms with van der Waals surface area (Å²) in [4.78, 5) is 11.9. The minimum atomic E-state index is -0.648. The van der Waals surface area contributed by atoms with E-state index in [9.17, 15) is 4.79 Å². The Balaban J connectivity index is 3.17. The van der Waals surface area contributed by atoms with Crippen molar-refractivity contribution in [3.8, 4) is 5.75 Å². The van der Waals surface area contributed by atoms with E-state index in [1.807, 2.05) is 46.0 Å². The lowest BCUT2D eigenvalue weighted by Gasteiger charge is -2.32. The van der Waals surface area contributed by atoms with Crippen molar-refractivity contribution < 1.29 is 14.3 Å². The van der Waals surface area contributed by atoms with Crippen LogP contribution in [0.15, 0.2) is 18.2 Å². The topological polar surface area (TPSA) is 47.6 Å². The Morgan fingerprint density at radius 1 is 1.32 bits per heavy atom. The Labute approximate surface area is 115 Å². The minimum Gasteiger partial charge on any atom is -0.496 e. The quantitative estimate of drug-likeness (QED) is 0.831. The van der Waals surface area contributed by atoms with Gasteiger partial charge in [-0.15, -0.1) is 0 Å². The van der Waals surface area contributed by atoms with Crippen LogP contribution in [-0.4, -0.2) is 27.2 Å². The largest absolute Gasteiger partial charge is 0.496 e. The highest BCUT2D eigenvalue weighted by Crippen LogP contribution is 2.35. The fourth-order valence-corrected chi connectivity index (χ4v) is 2.41. The number of rotatable bonds is 5. The first-order chi connectivity index (χ1) is 8.88. The summed E-state index contributed by atoms with van der Waals surface area (Å²) in [6.45, 7) is 5.74. The average molecular weight is 265 g/mol. The molecule has 4 nitrogen and oxygen atoms in total. The molecule has 0 aliphatic carbocycles. The molecule has 19 heavy (non-hydrogen) atoms. The first-order valence-corrected chi connectivity index (χ1v) is 6.28. The molecule has 1 unspecified atom stereocenters. The fourth-order valence-electron chi connectivity index (χ4n) is 2.41. The lowest BCUT2D eigenvalue weighted by atomic mass is 9.80. The summed E-state index contributed by atoms with van der Waals surface area (Å²) in [6, 6.07) is 5.80. The number of aryl methyl sites for hydroxylation is 1. The first-order valence-electron chi connectivity index (χ1n) is 6.28. The van der Waals surface area contributed by atoms with Crippen LogP contribution in [0.25, 0.3) is 0 Å². The Kier molecular flexibility index (Phi) is 4.95. The van der Waals surface area contributed by atoms with Gasteiger partial charge in [0.15, 0.2) is 0 Å². The highest BCUT2D eigenvalue weighted by Gasteiger charge is 2.38. The van der Waals surface area contributed by atoms with Crippen molar-refractivity contribution >= 4 is 5.97 Å². The third-order valence-corrected chi connectivity index (χ3v) is 3.47. The number of hydrogen-bond donors (Lipinski definition) is 1. The van der Waals surface area contributed by atoms with Crippen LogP contribution in [0.5, 0.6) is 5.75 Å². The number of nitrogens with one attached hydrogen (secondary N) is 1. The lowest BCUT2D eigenvalue weighted by molar-refractivity contribution is -0.152. The van der Waals surface area contributed by atoms with Crippen LogP contribution in [0.2, 0.25) is 0 Å². The highest BCUT2D eigenvalue weighted by atomic mass is 16.5. The number of methoxy groups -OCH3 is 2. The molecular weight excluding hydrogens is 242 g/mol. The van der Waals surface area contributed by atoms with Gasteiger partial charge in [-0.05, 0) is 45.0 Å². The standard InChI is InChI=1S/C15H23NO3/c1-10-9-11(7-8-12(10)18-5)13(16-4)15(2,3)14(17)19-6/h7-9,13,16H,1-6H3. The minimum absolute atomic E-state index is 0.121. The molecule has 106 valence electrons. The van der Waals surface area contributed by atoms with Crippen molar-refractivity contribution in [2.24, 2.45) is 5.41 Å². The Bertz CT molecular complexity index is 455. The maximum atomic E-state index is 11.9. The van der Waals surface area contributed by atoms with E-state index < -0.39 is 5.41 Å². The number of carbonyl (C=O) groups is 1. The number of carbonyl (C=O) groups excluding carboxylic acids is 1. The molecule has 0 heterocycles. The molecule has 0 amide bonds. The van der Waals surface area contributed by atoms with Gasteiger partial charge in [0.1, 0.15) is 5.75 Å². The van der Waals surface area contributed by atoms with Gasteiger partial charge < -0.3 is 14.8 Å². The second-order valence-corrected chi connectivity index (χ2v) is 5.16. The fraction of sp³-hybridized carbons (Fsp3) is 0.533. The number of ether oxygens (including phenoxy) is 2. The predicted octanol–water partition coefficient (Wildman–Crippen LogP) is 2.46. The van der Waals surface area contributed by atoms with E-state index in [2.05, 4.69) is 5.32 Å². The molecule has 0 bridgehead atoms. The van der Waals surface area contributed by atoms with Gasteiger partial charge in [-0.2, -0.15) is 0 Å². The maximum absolute atomic E-state index is 11.9. The van der Waals surface area contributed by atoms with Crippen molar-refractivity contribution in [3.63, 3.8) is 0 Å². The van der Waals surface area contributed by atoms with Gasteiger partial charge in [-0.1, -0.05) is 12.1 Å². The zero-order valence-electron chi connectivity index (χ0n) is 12.5. The Morgan fingerprint density at radius 2 is 1.95 bits per heavy atom. The smallest absolute Gasteiger partial charge is 0.313 e. The van der Waals surface area contributed by atoms with Crippen molar-refractivity contribution in [3.05, 3.63) is 29.3 Å². The number of esters is 1. The molecule has 1 rings (SSSR count). The van der Waals surface area contributed by atoms with Crippen molar-refractivity contribution in [2.45, 2.75) is 26.8 Å². The molecular formula is C15H23NO3.